The Labute approximate surface area is 94.2 Å². The van der Waals surface area contributed by atoms with Crippen LogP contribution in [-0.2, 0) is 0 Å². The predicted octanol–water partition coefficient (Wildman–Crippen LogP) is 2.30. The van der Waals surface area contributed by atoms with E-state index in [2.05, 4.69) is 38.3 Å². The van der Waals surface area contributed by atoms with E-state index in [1.807, 2.05) is 0 Å². The second kappa shape index (κ2) is 3.46. The van der Waals surface area contributed by atoms with Gasteiger partial charge in [0.05, 0.1) is 0 Å². The molecule has 0 aromatic carbocycles. The van der Waals surface area contributed by atoms with E-state index in [-0.39, 0.29) is 5.54 Å². The molecule has 1 aliphatic carbocycles. The van der Waals surface area contributed by atoms with Gasteiger partial charge in [0.25, 0.3) is 0 Å². The van der Waals surface area contributed by atoms with Crippen LogP contribution in [0, 0.1) is 5.41 Å². The second-order valence-corrected chi connectivity index (χ2v) is 7.06. The molecule has 0 amide bonds. The average molecular weight is 210 g/mol. The van der Waals surface area contributed by atoms with Gasteiger partial charge in [0.1, 0.15) is 0 Å². The van der Waals surface area contributed by atoms with Crippen LogP contribution in [0.5, 0.6) is 0 Å². The fraction of sp³-hybridized carbons (Fsp3) is 1.00. The maximum absolute atomic E-state index is 3.88. The lowest BCUT2D eigenvalue weighted by Gasteiger charge is -2.51. The van der Waals surface area contributed by atoms with Gasteiger partial charge in [0, 0.05) is 24.2 Å². The van der Waals surface area contributed by atoms with E-state index in [0.29, 0.717) is 11.0 Å². The molecule has 2 heteroatoms. The number of piperazine rings is 1. The van der Waals surface area contributed by atoms with Crippen molar-refractivity contribution in [3.05, 3.63) is 0 Å². The first-order chi connectivity index (χ1) is 6.83. The third-order valence-electron chi connectivity index (χ3n) is 4.19. The van der Waals surface area contributed by atoms with Gasteiger partial charge in [0.2, 0.25) is 0 Å². The van der Waals surface area contributed by atoms with E-state index < -0.39 is 0 Å². The first-order valence-corrected chi connectivity index (χ1v) is 6.33. The highest BCUT2D eigenvalue weighted by Crippen LogP contribution is 2.41. The molecule has 2 aliphatic rings. The summed E-state index contributed by atoms with van der Waals surface area (Å²) in [6.45, 7) is 11.7. The van der Waals surface area contributed by atoms with Crippen molar-refractivity contribution in [2.45, 2.75) is 64.5 Å². The van der Waals surface area contributed by atoms with Gasteiger partial charge in [-0.15, -0.1) is 0 Å². The van der Waals surface area contributed by atoms with E-state index >= 15 is 0 Å². The van der Waals surface area contributed by atoms with E-state index in [4.69, 9.17) is 0 Å². The molecule has 2 N–H and O–H groups in total. The van der Waals surface area contributed by atoms with Crippen molar-refractivity contribution >= 4 is 0 Å². The van der Waals surface area contributed by atoms with Gasteiger partial charge in [-0.1, -0.05) is 13.8 Å². The van der Waals surface area contributed by atoms with Crippen molar-refractivity contribution in [3.8, 4) is 0 Å². The molecule has 0 aromatic rings. The second-order valence-electron chi connectivity index (χ2n) is 7.06. The molecule has 0 bridgehead atoms. The molecule has 0 atom stereocenters. The number of hydrogen-bond donors (Lipinski definition) is 2. The van der Waals surface area contributed by atoms with Crippen LogP contribution >= 0.6 is 0 Å². The maximum atomic E-state index is 3.88. The minimum absolute atomic E-state index is 0.264. The molecule has 15 heavy (non-hydrogen) atoms. The molecule has 0 unspecified atom stereocenters. The molecule has 1 saturated heterocycles. The lowest BCUT2D eigenvalue weighted by molar-refractivity contribution is 0.0804. The summed E-state index contributed by atoms with van der Waals surface area (Å²) in [5, 5.41) is 7.48. The molecule has 1 aliphatic heterocycles. The van der Waals surface area contributed by atoms with Crippen molar-refractivity contribution in [3.63, 3.8) is 0 Å². The summed E-state index contributed by atoms with van der Waals surface area (Å²) in [5.74, 6) is 0. The average Bonchev–Trinajstić information content (AvgIpc) is 2.10. The Morgan fingerprint density at radius 3 is 1.93 bits per heavy atom. The first kappa shape index (κ1) is 11.4. The highest BCUT2D eigenvalue weighted by Gasteiger charge is 2.43. The smallest absolute Gasteiger partial charge is 0.0311 e. The van der Waals surface area contributed by atoms with Crippen molar-refractivity contribution in [2.24, 2.45) is 5.41 Å². The Hall–Kier alpha value is -0.0800. The van der Waals surface area contributed by atoms with Crippen LogP contribution < -0.4 is 10.6 Å². The van der Waals surface area contributed by atoms with Crippen LogP contribution in [0.3, 0.4) is 0 Å². The van der Waals surface area contributed by atoms with Crippen molar-refractivity contribution in [1.29, 1.82) is 0 Å². The monoisotopic (exact) mass is 210 g/mol. The number of nitrogens with one attached hydrogen (secondary N) is 2. The summed E-state index contributed by atoms with van der Waals surface area (Å²) >= 11 is 0. The Balaban J connectivity index is 2.03. The largest absolute Gasteiger partial charge is 0.313 e. The van der Waals surface area contributed by atoms with E-state index in [1.54, 1.807) is 0 Å². The Morgan fingerprint density at radius 2 is 1.40 bits per heavy atom. The lowest BCUT2D eigenvalue weighted by atomic mass is 9.68. The summed E-state index contributed by atoms with van der Waals surface area (Å²) in [6, 6.07) is 0. The van der Waals surface area contributed by atoms with Crippen molar-refractivity contribution < 1.29 is 0 Å². The minimum Gasteiger partial charge on any atom is -0.313 e. The van der Waals surface area contributed by atoms with Crippen LogP contribution in [0.2, 0.25) is 0 Å². The van der Waals surface area contributed by atoms with Crippen molar-refractivity contribution in [2.75, 3.05) is 13.1 Å². The van der Waals surface area contributed by atoms with Gasteiger partial charge in [0.15, 0.2) is 0 Å². The van der Waals surface area contributed by atoms with Crippen LogP contribution in [0.25, 0.3) is 0 Å². The topological polar surface area (TPSA) is 24.1 Å². The molecule has 0 radical (unpaired) electrons. The zero-order chi connectivity index (χ0) is 11.2. The zero-order valence-electron chi connectivity index (χ0n) is 10.7. The third kappa shape index (κ3) is 2.54. The maximum Gasteiger partial charge on any atom is 0.0311 e. The molecule has 2 fully saturated rings. The molecule has 1 heterocycles. The van der Waals surface area contributed by atoms with Crippen LogP contribution in [0.4, 0.5) is 0 Å². The van der Waals surface area contributed by atoms with Gasteiger partial charge < -0.3 is 10.6 Å². The third-order valence-corrected chi connectivity index (χ3v) is 4.19. The van der Waals surface area contributed by atoms with Gasteiger partial charge in [-0.3, -0.25) is 0 Å². The van der Waals surface area contributed by atoms with Gasteiger partial charge in [-0.2, -0.15) is 0 Å². The van der Waals surface area contributed by atoms with Crippen molar-refractivity contribution in [1.82, 2.24) is 10.6 Å². The van der Waals surface area contributed by atoms with E-state index in [0.717, 1.165) is 13.1 Å². The fourth-order valence-electron chi connectivity index (χ4n) is 3.13. The van der Waals surface area contributed by atoms with Crippen LogP contribution in [0.1, 0.15) is 53.4 Å². The van der Waals surface area contributed by atoms with Gasteiger partial charge >= 0.3 is 0 Å². The number of hydrogen-bond acceptors (Lipinski definition) is 2. The molecule has 0 aromatic heterocycles. The Kier molecular flexibility index (Phi) is 2.63. The molecular weight excluding hydrogens is 184 g/mol. The highest BCUT2D eigenvalue weighted by atomic mass is 15.2. The molecule has 2 rings (SSSR count). The molecular formula is C13H26N2. The SMILES string of the molecule is CC1(C)CCC2(CC1)CNCC(C)(C)N2. The highest BCUT2D eigenvalue weighted by molar-refractivity contribution is 5.04. The minimum atomic E-state index is 0.264. The predicted molar refractivity (Wildman–Crippen MR) is 65.1 cm³/mol. The number of rotatable bonds is 0. The first-order valence-electron chi connectivity index (χ1n) is 6.33. The standard InChI is InChI=1S/C13H26N2/c1-11(2)5-7-13(8-6-11)10-14-9-12(3,4)15-13/h14-15H,5-10H2,1-4H3. The molecule has 1 saturated carbocycles. The summed E-state index contributed by atoms with van der Waals surface area (Å²) < 4.78 is 0. The molecule has 2 nitrogen and oxygen atoms in total. The normalized spacial score (nSPS) is 32.8. The Bertz CT molecular complexity index is 233. The summed E-state index contributed by atoms with van der Waals surface area (Å²) in [4.78, 5) is 0. The summed E-state index contributed by atoms with van der Waals surface area (Å²) in [5.41, 5.74) is 1.21. The lowest BCUT2D eigenvalue weighted by Crippen LogP contribution is -2.69. The van der Waals surface area contributed by atoms with Crippen LogP contribution in [0.15, 0.2) is 0 Å². The van der Waals surface area contributed by atoms with E-state index in [1.165, 1.54) is 25.7 Å². The van der Waals surface area contributed by atoms with E-state index in [9.17, 15) is 0 Å². The quantitative estimate of drug-likeness (QED) is 0.641. The molecule has 1 spiro atoms. The Morgan fingerprint density at radius 1 is 0.800 bits per heavy atom. The fourth-order valence-corrected chi connectivity index (χ4v) is 3.13. The summed E-state index contributed by atoms with van der Waals surface area (Å²) in [7, 11) is 0. The van der Waals surface area contributed by atoms with Gasteiger partial charge in [-0.25, -0.2) is 0 Å². The van der Waals surface area contributed by atoms with Crippen LogP contribution in [-0.4, -0.2) is 24.2 Å². The molecule has 88 valence electrons. The zero-order valence-corrected chi connectivity index (χ0v) is 10.7. The summed E-state index contributed by atoms with van der Waals surface area (Å²) in [6.07, 6.45) is 5.38. The van der Waals surface area contributed by atoms with Gasteiger partial charge in [-0.05, 0) is 44.9 Å².